The molecular formula is C29H27N3O4S. The zero-order valence-electron chi connectivity index (χ0n) is 20.3. The quantitative estimate of drug-likeness (QED) is 0.216. The Morgan fingerprint density at radius 2 is 1.70 bits per heavy atom. The fourth-order valence-electron chi connectivity index (χ4n) is 3.90. The van der Waals surface area contributed by atoms with E-state index in [4.69, 9.17) is 9.15 Å². The fourth-order valence-corrected chi connectivity index (χ4v) is 4.42. The van der Waals surface area contributed by atoms with Gasteiger partial charge < -0.3 is 19.8 Å². The van der Waals surface area contributed by atoms with Gasteiger partial charge in [0, 0.05) is 53.4 Å². The molecule has 0 radical (unpaired) electrons. The van der Waals surface area contributed by atoms with Crippen molar-refractivity contribution in [2.75, 3.05) is 23.9 Å². The molecule has 0 fully saturated rings. The number of nitrogens with zero attached hydrogens (tertiary/aromatic N) is 1. The van der Waals surface area contributed by atoms with Gasteiger partial charge in [-0.1, -0.05) is 18.2 Å². The summed E-state index contributed by atoms with van der Waals surface area (Å²) < 4.78 is 34.3. The van der Waals surface area contributed by atoms with Crippen molar-refractivity contribution in [3.63, 3.8) is 0 Å². The summed E-state index contributed by atoms with van der Waals surface area (Å²) in [7, 11) is -2.98. The first-order valence-electron chi connectivity index (χ1n) is 11.9. The van der Waals surface area contributed by atoms with Crippen LogP contribution in [0.1, 0.15) is 5.56 Å². The van der Waals surface area contributed by atoms with E-state index in [9.17, 15) is 8.42 Å². The van der Waals surface area contributed by atoms with Gasteiger partial charge in [-0.05, 0) is 66.7 Å². The maximum atomic E-state index is 11.3. The third-order valence-corrected chi connectivity index (χ3v) is 6.72. The average Bonchev–Trinajstić information content (AvgIpc) is 3.37. The van der Waals surface area contributed by atoms with Crippen molar-refractivity contribution < 1.29 is 17.6 Å². The summed E-state index contributed by atoms with van der Waals surface area (Å²) >= 11 is 0. The van der Waals surface area contributed by atoms with Crippen LogP contribution in [0.5, 0.6) is 11.5 Å². The lowest BCUT2D eigenvalue weighted by Crippen LogP contribution is -2.21. The summed E-state index contributed by atoms with van der Waals surface area (Å²) in [6, 6.07) is 27.4. The number of aromatic nitrogens is 1. The van der Waals surface area contributed by atoms with E-state index in [2.05, 4.69) is 21.7 Å². The van der Waals surface area contributed by atoms with Gasteiger partial charge in [0.2, 0.25) is 0 Å². The molecule has 2 heterocycles. The number of ether oxygens (including phenoxy) is 1. The standard InChI is InChI=1S/C29H27N3O4S/c1-37(33,34)16-15-30-19-21-17-29(35-20-21)22-7-12-27-26(18-22)28(13-14-31-27)32-23-8-10-25(11-9-23)36-24-5-3-2-4-6-24/h2-14,17-18,20,30H,15-16,19H2,1H3,(H,31,32). The lowest BCUT2D eigenvalue weighted by Gasteiger charge is -2.11. The van der Waals surface area contributed by atoms with Crippen LogP contribution in [0, 0.1) is 0 Å². The zero-order valence-corrected chi connectivity index (χ0v) is 21.2. The van der Waals surface area contributed by atoms with Crippen molar-refractivity contribution in [3.05, 3.63) is 103 Å². The largest absolute Gasteiger partial charge is 0.464 e. The highest BCUT2D eigenvalue weighted by Gasteiger charge is 2.10. The third kappa shape index (κ3) is 6.55. The van der Waals surface area contributed by atoms with E-state index in [1.54, 1.807) is 12.5 Å². The van der Waals surface area contributed by atoms with Crippen molar-refractivity contribution in [3.8, 4) is 22.8 Å². The monoisotopic (exact) mass is 513 g/mol. The highest BCUT2D eigenvalue weighted by Crippen LogP contribution is 2.31. The number of rotatable bonds is 10. The molecule has 0 saturated heterocycles. The molecule has 7 nitrogen and oxygen atoms in total. The molecule has 8 heteroatoms. The summed E-state index contributed by atoms with van der Waals surface area (Å²) in [4.78, 5) is 4.50. The Hall–Kier alpha value is -4.14. The third-order valence-electron chi connectivity index (χ3n) is 5.77. The Kier molecular flexibility index (Phi) is 7.20. The maximum absolute atomic E-state index is 11.3. The Morgan fingerprint density at radius 3 is 2.49 bits per heavy atom. The molecule has 0 aliphatic rings. The highest BCUT2D eigenvalue weighted by molar-refractivity contribution is 7.90. The van der Waals surface area contributed by atoms with E-state index in [0.717, 1.165) is 50.7 Å². The SMILES string of the molecule is CS(=O)(=O)CCNCc1coc(-c2ccc3nccc(Nc4ccc(Oc5ccccc5)cc4)c3c2)c1. The van der Waals surface area contributed by atoms with Crippen molar-refractivity contribution in [1.29, 1.82) is 0 Å². The summed E-state index contributed by atoms with van der Waals surface area (Å²) in [6.07, 6.45) is 4.71. The van der Waals surface area contributed by atoms with Crippen molar-refractivity contribution in [2.24, 2.45) is 0 Å². The minimum Gasteiger partial charge on any atom is -0.464 e. The van der Waals surface area contributed by atoms with Crippen LogP contribution in [0.2, 0.25) is 0 Å². The van der Waals surface area contributed by atoms with Crippen LogP contribution in [0.25, 0.3) is 22.2 Å². The number of sulfone groups is 1. The minimum absolute atomic E-state index is 0.105. The Balaban J connectivity index is 1.30. The topological polar surface area (TPSA) is 93.5 Å². The number of fused-ring (bicyclic) bond motifs is 1. The van der Waals surface area contributed by atoms with Crippen LogP contribution >= 0.6 is 0 Å². The van der Waals surface area contributed by atoms with E-state index in [1.807, 2.05) is 78.9 Å². The summed E-state index contributed by atoms with van der Waals surface area (Å²) in [6.45, 7) is 0.931. The van der Waals surface area contributed by atoms with Gasteiger partial charge in [-0.3, -0.25) is 4.98 Å². The van der Waals surface area contributed by atoms with Crippen LogP contribution in [-0.2, 0) is 16.4 Å². The van der Waals surface area contributed by atoms with Crippen molar-refractivity contribution in [1.82, 2.24) is 10.3 Å². The number of nitrogens with one attached hydrogen (secondary N) is 2. The second kappa shape index (κ2) is 10.9. The molecule has 5 aromatic rings. The molecule has 0 unspecified atom stereocenters. The van der Waals surface area contributed by atoms with E-state index in [-0.39, 0.29) is 5.75 Å². The Morgan fingerprint density at radius 1 is 0.919 bits per heavy atom. The number of pyridine rings is 1. The summed E-state index contributed by atoms with van der Waals surface area (Å²) in [5, 5.41) is 7.59. The number of hydrogen-bond donors (Lipinski definition) is 2. The van der Waals surface area contributed by atoms with E-state index in [0.29, 0.717) is 13.1 Å². The number of benzene rings is 3. The Bertz CT molecular complexity index is 1600. The van der Waals surface area contributed by atoms with Gasteiger partial charge in [0.1, 0.15) is 27.1 Å². The molecule has 0 spiro atoms. The highest BCUT2D eigenvalue weighted by atomic mass is 32.2. The van der Waals surface area contributed by atoms with Gasteiger partial charge in [-0.2, -0.15) is 0 Å². The zero-order chi connectivity index (χ0) is 25.7. The molecule has 0 aliphatic heterocycles. The molecule has 37 heavy (non-hydrogen) atoms. The van der Waals surface area contributed by atoms with Gasteiger partial charge in [-0.15, -0.1) is 0 Å². The van der Waals surface area contributed by atoms with Gasteiger partial charge in [0.25, 0.3) is 0 Å². The summed E-state index contributed by atoms with van der Waals surface area (Å²) in [5.41, 5.74) is 4.60. The van der Waals surface area contributed by atoms with Gasteiger partial charge in [0.15, 0.2) is 0 Å². The number of anilines is 2. The molecule has 3 aromatic carbocycles. The molecule has 0 atom stereocenters. The summed E-state index contributed by atoms with van der Waals surface area (Å²) in [5.74, 6) is 2.40. The molecule has 2 N–H and O–H groups in total. The molecule has 188 valence electrons. The van der Waals surface area contributed by atoms with Crippen LogP contribution in [-0.4, -0.2) is 32.0 Å². The van der Waals surface area contributed by atoms with Gasteiger partial charge >= 0.3 is 0 Å². The predicted octanol–water partition coefficient (Wildman–Crippen LogP) is 6.16. The number of para-hydroxylation sites is 1. The first-order valence-corrected chi connectivity index (χ1v) is 13.9. The predicted molar refractivity (Wildman–Crippen MR) is 147 cm³/mol. The lowest BCUT2D eigenvalue weighted by atomic mass is 10.1. The Labute approximate surface area is 216 Å². The van der Waals surface area contributed by atoms with Crippen LogP contribution < -0.4 is 15.4 Å². The molecule has 2 aromatic heterocycles. The fraction of sp³-hybridized carbons (Fsp3) is 0.138. The number of furan rings is 1. The number of hydrogen-bond acceptors (Lipinski definition) is 7. The van der Waals surface area contributed by atoms with Crippen molar-refractivity contribution >= 4 is 32.1 Å². The van der Waals surface area contributed by atoms with Crippen LogP contribution in [0.4, 0.5) is 11.4 Å². The second-order valence-electron chi connectivity index (χ2n) is 8.78. The molecule has 0 bridgehead atoms. The van der Waals surface area contributed by atoms with Gasteiger partial charge in [0.05, 0.1) is 17.5 Å². The molecular weight excluding hydrogens is 486 g/mol. The second-order valence-corrected chi connectivity index (χ2v) is 11.0. The minimum atomic E-state index is -2.98. The first-order chi connectivity index (χ1) is 17.9. The van der Waals surface area contributed by atoms with E-state index in [1.165, 1.54) is 6.26 Å². The molecule has 0 saturated carbocycles. The average molecular weight is 514 g/mol. The molecule has 0 aliphatic carbocycles. The lowest BCUT2D eigenvalue weighted by molar-refractivity contribution is 0.483. The van der Waals surface area contributed by atoms with E-state index < -0.39 is 9.84 Å². The smallest absolute Gasteiger partial charge is 0.148 e. The van der Waals surface area contributed by atoms with Gasteiger partial charge in [-0.25, -0.2) is 8.42 Å². The van der Waals surface area contributed by atoms with Crippen molar-refractivity contribution in [2.45, 2.75) is 6.54 Å². The van der Waals surface area contributed by atoms with Crippen LogP contribution in [0.3, 0.4) is 0 Å². The maximum Gasteiger partial charge on any atom is 0.148 e. The molecule has 5 rings (SSSR count). The van der Waals surface area contributed by atoms with Crippen LogP contribution in [0.15, 0.2) is 102 Å². The molecule has 0 amide bonds. The van der Waals surface area contributed by atoms with E-state index >= 15 is 0 Å². The first kappa shape index (κ1) is 24.5. The normalized spacial score (nSPS) is 11.5.